The van der Waals surface area contributed by atoms with Gasteiger partial charge in [0.25, 0.3) is 5.69 Å². The maximum absolute atomic E-state index is 12.1. The summed E-state index contributed by atoms with van der Waals surface area (Å²) in [7, 11) is 2.77. The first-order valence-corrected chi connectivity index (χ1v) is 7.51. The molecule has 10 heteroatoms. The van der Waals surface area contributed by atoms with E-state index in [1.54, 1.807) is 0 Å². The zero-order valence-electron chi connectivity index (χ0n) is 13.7. The lowest BCUT2D eigenvalue weighted by Crippen LogP contribution is -2.29. The van der Waals surface area contributed by atoms with E-state index in [-0.39, 0.29) is 33.6 Å². The van der Waals surface area contributed by atoms with Crippen LogP contribution in [-0.4, -0.2) is 31.0 Å². The molecule has 0 aromatic heterocycles. The SMILES string of the molecule is COc1cc(NC(=O)C(=O)Nc2cccc([N+](=O)[O-])c2)c(OC)cc1Cl. The van der Waals surface area contributed by atoms with Gasteiger partial charge in [-0.25, -0.2) is 0 Å². The van der Waals surface area contributed by atoms with E-state index in [4.69, 9.17) is 21.1 Å². The van der Waals surface area contributed by atoms with Crippen LogP contribution in [0.5, 0.6) is 11.5 Å². The van der Waals surface area contributed by atoms with Crippen molar-refractivity contribution in [3.05, 3.63) is 51.5 Å². The van der Waals surface area contributed by atoms with Gasteiger partial charge in [-0.15, -0.1) is 0 Å². The van der Waals surface area contributed by atoms with Crippen LogP contribution in [0, 0.1) is 10.1 Å². The molecule has 0 fully saturated rings. The second-order valence-corrected chi connectivity index (χ2v) is 5.31. The summed E-state index contributed by atoms with van der Waals surface area (Å²) < 4.78 is 10.2. The van der Waals surface area contributed by atoms with Gasteiger partial charge in [-0.1, -0.05) is 17.7 Å². The van der Waals surface area contributed by atoms with Crippen molar-refractivity contribution >= 4 is 40.5 Å². The highest BCUT2D eigenvalue weighted by Gasteiger charge is 2.19. The number of nitro groups is 1. The van der Waals surface area contributed by atoms with E-state index in [9.17, 15) is 19.7 Å². The number of hydrogen-bond acceptors (Lipinski definition) is 6. The lowest BCUT2D eigenvalue weighted by Gasteiger charge is -2.13. The molecule has 2 aromatic rings. The van der Waals surface area contributed by atoms with Gasteiger partial charge in [0.15, 0.2) is 0 Å². The summed E-state index contributed by atoms with van der Waals surface area (Å²) >= 11 is 5.98. The van der Waals surface area contributed by atoms with E-state index >= 15 is 0 Å². The van der Waals surface area contributed by atoms with Gasteiger partial charge in [0.1, 0.15) is 11.5 Å². The molecule has 2 aromatic carbocycles. The third-order valence-corrected chi connectivity index (χ3v) is 3.54. The average molecular weight is 380 g/mol. The van der Waals surface area contributed by atoms with Gasteiger partial charge in [-0.05, 0) is 6.07 Å². The summed E-state index contributed by atoms with van der Waals surface area (Å²) in [6, 6.07) is 8.04. The second kappa shape index (κ2) is 8.17. The maximum Gasteiger partial charge on any atom is 0.314 e. The highest BCUT2D eigenvalue weighted by molar-refractivity contribution is 6.44. The van der Waals surface area contributed by atoms with Gasteiger partial charge < -0.3 is 20.1 Å². The normalized spacial score (nSPS) is 9.96. The molecule has 9 nitrogen and oxygen atoms in total. The molecule has 0 unspecified atom stereocenters. The first-order valence-electron chi connectivity index (χ1n) is 7.14. The Kier molecular flexibility index (Phi) is 5.97. The molecule has 0 aliphatic carbocycles. The molecule has 136 valence electrons. The van der Waals surface area contributed by atoms with Crippen LogP contribution < -0.4 is 20.1 Å². The standard InChI is InChI=1S/C16H14ClN3O6/c1-25-13-8-12(14(26-2)7-11(13)17)19-16(22)15(21)18-9-4-3-5-10(6-9)20(23)24/h3-8H,1-2H3,(H,18,21)(H,19,22). The Balaban J connectivity index is 2.16. The minimum atomic E-state index is -1.01. The van der Waals surface area contributed by atoms with Gasteiger partial charge in [0, 0.05) is 30.0 Å². The number of nitrogens with one attached hydrogen (secondary N) is 2. The summed E-state index contributed by atoms with van der Waals surface area (Å²) in [6.07, 6.45) is 0. The molecule has 26 heavy (non-hydrogen) atoms. The predicted molar refractivity (Wildman–Crippen MR) is 94.9 cm³/mol. The topological polar surface area (TPSA) is 120 Å². The minimum Gasteiger partial charge on any atom is -0.495 e. The molecule has 2 amide bonds. The Hall–Kier alpha value is -3.33. The fourth-order valence-corrected chi connectivity index (χ4v) is 2.25. The van der Waals surface area contributed by atoms with Gasteiger partial charge in [0.2, 0.25) is 0 Å². The summed E-state index contributed by atoms with van der Waals surface area (Å²) in [6.45, 7) is 0. The van der Waals surface area contributed by atoms with E-state index < -0.39 is 16.7 Å². The molecular formula is C16H14ClN3O6. The molecule has 0 saturated heterocycles. The molecule has 0 heterocycles. The lowest BCUT2D eigenvalue weighted by molar-refractivity contribution is -0.384. The van der Waals surface area contributed by atoms with Crippen molar-refractivity contribution in [3.8, 4) is 11.5 Å². The monoisotopic (exact) mass is 379 g/mol. The van der Waals surface area contributed by atoms with E-state index in [1.807, 2.05) is 0 Å². The Morgan fingerprint density at radius 1 is 1.04 bits per heavy atom. The molecule has 0 saturated carbocycles. The van der Waals surface area contributed by atoms with Crippen molar-refractivity contribution in [2.75, 3.05) is 24.9 Å². The number of anilines is 2. The van der Waals surface area contributed by atoms with Crippen LogP contribution in [0.15, 0.2) is 36.4 Å². The van der Waals surface area contributed by atoms with Crippen LogP contribution >= 0.6 is 11.6 Å². The highest BCUT2D eigenvalue weighted by Crippen LogP contribution is 2.35. The number of amides is 2. The largest absolute Gasteiger partial charge is 0.495 e. The molecule has 0 atom stereocenters. The maximum atomic E-state index is 12.1. The van der Waals surface area contributed by atoms with Crippen LogP contribution in [0.25, 0.3) is 0 Å². The lowest BCUT2D eigenvalue weighted by atomic mass is 10.2. The fraction of sp³-hybridized carbons (Fsp3) is 0.125. The van der Waals surface area contributed by atoms with Crippen molar-refractivity contribution in [1.29, 1.82) is 0 Å². The average Bonchev–Trinajstić information content (AvgIpc) is 2.62. The Labute approximate surface area is 153 Å². The molecule has 0 radical (unpaired) electrons. The number of rotatable bonds is 5. The predicted octanol–water partition coefficient (Wildman–Crippen LogP) is 2.84. The Bertz CT molecular complexity index is 871. The summed E-state index contributed by atoms with van der Waals surface area (Å²) in [4.78, 5) is 34.3. The Morgan fingerprint density at radius 2 is 1.69 bits per heavy atom. The van der Waals surface area contributed by atoms with E-state index in [1.165, 1.54) is 44.6 Å². The van der Waals surface area contributed by atoms with Crippen molar-refractivity contribution in [3.63, 3.8) is 0 Å². The van der Waals surface area contributed by atoms with Crippen molar-refractivity contribution in [1.82, 2.24) is 0 Å². The summed E-state index contributed by atoms with van der Waals surface area (Å²) in [5.41, 5.74) is 0.0697. The van der Waals surface area contributed by atoms with Crippen molar-refractivity contribution in [2.24, 2.45) is 0 Å². The van der Waals surface area contributed by atoms with Crippen molar-refractivity contribution in [2.45, 2.75) is 0 Å². The number of nitro benzene ring substituents is 1. The van der Waals surface area contributed by atoms with Crippen LogP contribution in [0.3, 0.4) is 0 Å². The van der Waals surface area contributed by atoms with E-state index in [2.05, 4.69) is 10.6 Å². The first kappa shape index (κ1) is 19.0. The quantitative estimate of drug-likeness (QED) is 0.468. The van der Waals surface area contributed by atoms with Gasteiger partial charge in [-0.2, -0.15) is 0 Å². The third kappa shape index (κ3) is 4.39. The molecule has 0 aliphatic rings. The number of carbonyl (C=O) groups excluding carboxylic acids is 2. The number of ether oxygens (including phenoxy) is 2. The van der Waals surface area contributed by atoms with Crippen molar-refractivity contribution < 1.29 is 24.0 Å². The molecular weight excluding hydrogens is 366 g/mol. The van der Waals surface area contributed by atoms with Gasteiger partial charge in [-0.3, -0.25) is 19.7 Å². The molecule has 2 rings (SSSR count). The Morgan fingerprint density at radius 3 is 2.31 bits per heavy atom. The van der Waals surface area contributed by atoms with Gasteiger partial charge >= 0.3 is 11.8 Å². The van der Waals surface area contributed by atoms with E-state index in [0.29, 0.717) is 0 Å². The molecule has 0 bridgehead atoms. The second-order valence-electron chi connectivity index (χ2n) is 4.90. The van der Waals surface area contributed by atoms with Crippen LogP contribution in [0.1, 0.15) is 0 Å². The fourth-order valence-electron chi connectivity index (χ4n) is 2.02. The molecule has 0 spiro atoms. The first-order chi connectivity index (χ1) is 12.3. The third-order valence-electron chi connectivity index (χ3n) is 3.24. The number of hydrogen-bond donors (Lipinski definition) is 2. The molecule has 2 N–H and O–H groups in total. The number of non-ortho nitro benzene ring substituents is 1. The highest BCUT2D eigenvalue weighted by atomic mass is 35.5. The zero-order valence-corrected chi connectivity index (χ0v) is 14.5. The minimum absolute atomic E-state index is 0.111. The number of halogens is 1. The summed E-state index contributed by atoms with van der Waals surface area (Å²) in [5.74, 6) is -1.50. The summed E-state index contributed by atoms with van der Waals surface area (Å²) in [5, 5.41) is 15.7. The number of benzene rings is 2. The smallest absolute Gasteiger partial charge is 0.314 e. The van der Waals surface area contributed by atoms with Crippen LogP contribution in [0.4, 0.5) is 17.1 Å². The number of nitrogens with zero attached hydrogens (tertiary/aromatic N) is 1. The van der Waals surface area contributed by atoms with E-state index in [0.717, 1.165) is 6.07 Å². The zero-order chi connectivity index (χ0) is 19.3. The van der Waals surface area contributed by atoms with Crippen LogP contribution in [0.2, 0.25) is 5.02 Å². The van der Waals surface area contributed by atoms with Gasteiger partial charge in [0.05, 0.1) is 29.9 Å². The number of methoxy groups -OCH3 is 2. The molecule has 0 aliphatic heterocycles. The van der Waals surface area contributed by atoms with Crippen LogP contribution in [-0.2, 0) is 9.59 Å². The number of carbonyl (C=O) groups is 2.